The maximum Gasteiger partial charge on any atom is 0.385 e. The smallest absolute Gasteiger partial charge is 0.385 e. The Bertz CT molecular complexity index is 416. The van der Waals surface area contributed by atoms with Crippen LogP contribution < -0.4 is 9.47 Å². The lowest BCUT2D eigenvalue weighted by atomic mass is 10.1. The molecule has 0 fully saturated rings. The van der Waals surface area contributed by atoms with Crippen LogP contribution in [0.4, 0.5) is 8.78 Å². The molecule has 0 saturated carbocycles. The van der Waals surface area contributed by atoms with Crippen LogP contribution in [-0.2, 0) is 0 Å². The fraction of sp³-hybridized carbons (Fsp3) is 0.364. The Hall–Kier alpha value is -1.36. The van der Waals surface area contributed by atoms with Gasteiger partial charge in [0, 0.05) is 0 Å². The van der Waals surface area contributed by atoms with Crippen molar-refractivity contribution in [2.24, 2.45) is 0 Å². The van der Waals surface area contributed by atoms with E-state index in [1.807, 2.05) is 0 Å². The average Bonchev–Trinajstić information content (AvgIpc) is 2.27. The van der Waals surface area contributed by atoms with E-state index in [9.17, 15) is 13.6 Å². The van der Waals surface area contributed by atoms with Gasteiger partial charge in [0.05, 0.1) is 19.3 Å². The number of hydrogen-bond acceptors (Lipinski definition) is 3. The van der Waals surface area contributed by atoms with Crippen LogP contribution in [-0.4, -0.2) is 24.9 Å². The van der Waals surface area contributed by atoms with Crippen LogP contribution in [0.3, 0.4) is 0 Å². The molecular formula is C11H11ClF2O3. The molecule has 0 N–H and O–H groups in total. The molecule has 0 unspecified atom stereocenters. The highest BCUT2D eigenvalue weighted by Crippen LogP contribution is 2.35. The van der Waals surface area contributed by atoms with E-state index in [0.29, 0.717) is 0 Å². The van der Waals surface area contributed by atoms with Gasteiger partial charge in [0.25, 0.3) is 5.78 Å². The highest BCUT2D eigenvalue weighted by molar-refractivity contribution is 6.35. The van der Waals surface area contributed by atoms with Crippen LogP contribution >= 0.6 is 11.6 Å². The molecule has 0 heterocycles. The van der Waals surface area contributed by atoms with E-state index in [-0.39, 0.29) is 23.7 Å². The molecule has 0 radical (unpaired) electrons. The van der Waals surface area contributed by atoms with E-state index in [0.717, 1.165) is 0 Å². The van der Waals surface area contributed by atoms with Gasteiger partial charge in [-0.1, -0.05) is 6.07 Å². The number of Topliss-reactive ketones (excluding diaryl/α,β-unsaturated/α-hetero) is 1. The molecular weight excluding hydrogens is 254 g/mol. The maximum absolute atomic E-state index is 12.8. The summed E-state index contributed by atoms with van der Waals surface area (Å²) < 4.78 is 35.6. The molecule has 0 saturated heterocycles. The van der Waals surface area contributed by atoms with Crippen LogP contribution in [0.5, 0.6) is 11.5 Å². The minimum absolute atomic E-state index is 0.0252. The van der Waals surface area contributed by atoms with Crippen molar-refractivity contribution in [2.45, 2.75) is 12.3 Å². The second-order valence-corrected chi connectivity index (χ2v) is 3.57. The van der Waals surface area contributed by atoms with Crippen molar-refractivity contribution in [3.63, 3.8) is 0 Å². The molecule has 6 heteroatoms. The van der Waals surface area contributed by atoms with Crippen molar-refractivity contribution in [2.75, 3.05) is 13.7 Å². The topological polar surface area (TPSA) is 35.5 Å². The van der Waals surface area contributed by atoms with Gasteiger partial charge < -0.3 is 9.47 Å². The molecule has 3 nitrogen and oxygen atoms in total. The number of ketones is 1. The number of halogens is 3. The third-order valence-corrected chi connectivity index (χ3v) is 2.16. The van der Waals surface area contributed by atoms with E-state index < -0.39 is 11.2 Å². The Morgan fingerprint density at radius 2 is 2.12 bits per heavy atom. The molecule has 0 atom stereocenters. The summed E-state index contributed by atoms with van der Waals surface area (Å²) in [7, 11) is 1.35. The van der Waals surface area contributed by atoms with Crippen molar-refractivity contribution >= 4 is 17.4 Å². The first kappa shape index (κ1) is 13.7. The van der Waals surface area contributed by atoms with Crippen molar-refractivity contribution in [1.29, 1.82) is 0 Å². The van der Waals surface area contributed by atoms with Crippen LogP contribution in [0.15, 0.2) is 18.2 Å². The number of carbonyl (C=O) groups is 1. The molecule has 94 valence electrons. The van der Waals surface area contributed by atoms with Gasteiger partial charge in [0.2, 0.25) is 0 Å². The lowest BCUT2D eigenvalue weighted by molar-refractivity contribution is 0.0531. The maximum atomic E-state index is 12.8. The molecule has 0 aromatic heterocycles. The van der Waals surface area contributed by atoms with Crippen molar-refractivity contribution in [3.05, 3.63) is 23.8 Å². The first-order valence-electron chi connectivity index (χ1n) is 4.83. The lowest BCUT2D eigenvalue weighted by Gasteiger charge is -2.14. The van der Waals surface area contributed by atoms with Gasteiger partial charge >= 0.3 is 5.38 Å². The van der Waals surface area contributed by atoms with Crippen LogP contribution in [0.1, 0.15) is 17.3 Å². The zero-order chi connectivity index (χ0) is 13.1. The summed E-state index contributed by atoms with van der Waals surface area (Å²) >= 11 is 4.71. The summed E-state index contributed by atoms with van der Waals surface area (Å²) in [6, 6.07) is 4.14. The van der Waals surface area contributed by atoms with E-state index in [1.165, 1.54) is 25.3 Å². The van der Waals surface area contributed by atoms with Gasteiger partial charge in [-0.15, -0.1) is 0 Å². The van der Waals surface area contributed by atoms with Crippen LogP contribution in [0.25, 0.3) is 0 Å². The van der Waals surface area contributed by atoms with Crippen molar-refractivity contribution < 1.29 is 23.0 Å². The third-order valence-electron chi connectivity index (χ3n) is 1.99. The van der Waals surface area contributed by atoms with Crippen molar-refractivity contribution in [3.8, 4) is 11.5 Å². The minimum atomic E-state index is -3.96. The fourth-order valence-electron chi connectivity index (χ4n) is 1.30. The zero-order valence-corrected chi connectivity index (χ0v) is 10.1. The Balaban J connectivity index is 3.28. The number of carbonyl (C=O) groups excluding carboxylic acids is 1. The Kier molecular flexibility index (Phi) is 4.28. The van der Waals surface area contributed by atoms with E-state index >= 15 is 0 Å². The van der Waals surface area contributed by atoms with Gasteiger partial charge in [0.15, 0.2) is 11.5 Å². The molecule has 17 heavy (non-hydrogen) atoms. The number of rotatable bonds is 5. The molecule has 1 rings (SSSR count). The zero-order valence-electron chi connectivity index (χ0n) is 9.30. The molecule has 0 aliphatic carbocycles. The van der Waals surface area contributed by atoms with Crippen LogP contribution in [0.2, 0.25) is 0 Å². The molecule has 1 aromatic carbocycles. The summed E-state index contributed by atoms with van der Waals surface area (Å²) in [5.41, 5.74) is -0.300. The van der Waals surface area contributed by atoms with Gasteiger partial charge in [-0.05, 0) is 30.7 Å². The Morgan fingerprint density at radius 3 is 2.59 bits per heavy atom. The molecule has 0 amide bonds. The molecule has 0 spiro atoms. The highest BCUT2D eigenvalue weighted by atomic mass is 35.5. The molecule has 0 aliphatic heterocycles. The first-order chi connectivity index (χ1) is 7.91. The molecule has 1 aromatic rings. The standard InChI is InChI=1S/C11H11ClF2O3/c1-3-17-9-7(10(15)11(12,13)14)5-4-6-8(9)16-2/h4-6H,3H2,1-2H3. The first-order valence-corrected chi connectivity index (χ1v) is 5.21. The lowest BCUT2D eigenvalue weighted by Crippen LogP contribution is -2.22. The summed E-state index contributed by atoms with van der Waals surface area (Å²) in [6.07, 6.45) is 0. The third kappa shape index (κ3) is 3.06. The number of ether oxygens (including phenoxy) is 2. The number of benzene rings is 1. The highest BCUT2D eigenvalue weighted by Gasteiger charge is 2.38. The Labute approximate surface area is 102 Å². The quantitative estimate of drug-likeness (QED) is 0.605. The number of alkyl halides is 3. The Morgan fingerprint density at radius 1 is 1.47 bits per heavy atom. The molecule has 0 aliphatic rings. The monoisotopic (exact) mass is 264 g/mol. The fourth-order valence-corrected chi connectivity index (χ4v) is 1.40. The summed E-state index contributed by atoms with van der Waals surface area (Å²) in [4.78, 5) is 11.4. The normalized spacial score (nSPS) is 11.1. The second kappa shape index (κ2) is 5.31. The average molecular weight is 265 g/mol. The van der Waals surface area contributed by atoms with E-state index in [4.69, 9.17) is 21.1 Å². The number of para-hydroxylation sites is 1. The summed E-state index contributed by atoms with van der Waals surface area (Å²) in [5, 5.41) is -3.96. The van der Waals surface area contributed by atoms with Crippen molar-refractivity contribution in [1.82, 2.24) is 0 Å². The number of hydrogen-bond donors (Lipinski definition) is 0. The van der Waals surface area contributed by atoms with Crippen LogP contribution in [0, 0.1) is 0 Å². The largest absolute Gasteiger partial charge is 0.493 e. The van der Waals surface area contributed by atoms with Gasteiger partial charge in [-0.2, -0.15) is 8.78 Å². The minimum Gasteiger partial charge on any atom is -0.493 e. The van der Waals surface area contributed by atoms with Gasteiger partial charge in [-0.3, -0.25) is 4.79 Å². The van der Waals surface area contributed by atoms with E-state index in [2.05, 4.69) is 0 Å². The second-order valence-electron chi connectivity index (χ2n) is 3.10. The molecule has 0 bridgehead atoms. The SMILES string of the molecule is CCOc1c(OC)cccc1C(=O)C(F)(F)Cl. The number of methoxy groups -OCH3 is 1. The summed E-state index contributed by atoms with van der Waals surface area (Å²) in [5.74, 6) is -1.33. The predicted molar refractivity (Wildman–Crippen MR) is 59.3 cm³/mol. The van der Waals surface area contributed by atoms with Gasteiger partial charge in [0.1, 0.15) is 0 Å². The summed E-state index contributed by atoms with van der Waals surface area (Å²) in [6.45, 7) is 1.88. The van der Waals surface area contributed by atoms with Gasteiger partial charge in [-0.25, -0.2) is 0 Å². The predicted octanol–water partition coefficient (Wildman–Crippen LogP) is 3.11. The van der Waals surface area contributed by atoms with E-state index in [1.54, 1.807) is 6.92 Å².